The molecule has 2 N–H and O–H groups in total. The van der Waals surface area contributed by atoms with Crippen LogP contribution < -0.4 is 10.2 Å². The van der Waals surface area contributed by atoms with Crippen molar-refractivity contribution in [3.05, 3.63) is 80.6 Å². The fourth-order valence-corrected chi connectivity index (χ4v) is 4.17. The summed E-state index contributed by atoms with van der Waals surface area (Å²) in [5.74, 6) is -3.58. The summed E-state index contributed by atoms with van der Waals surface area (Å²) in [5.41, 5.74) is 0.596. The molecular formula is C22H17Cl2FN4O5. The van der Waals surface area contributed by atoms with Crippen LogP contribution in [0.25, 0.3) is 11.0 Å². The number of nitrogens with one attached hydrogen (secondary N) is 1. The number of aliphatic carboxylic acids is 1. The van der Waals surface area contributed by atoms with Crippen LogP contribution in [0.4, 0.5) is 4.39 Å². The predicted molar refractivity (Wildman–Crippen MR) is 121 cm³/mol. The number of benzene rings is 2. The number of alkyl halides is 1. The Morgan fingerprint density at radius 2 is 1.91 bits per heavy atom. The smallest absolute Gasteiger partial charge is 0.336 e. The highest BCUT2D eigenvalue weighted by Gasteiger charge is 2.40. The van der Waals surface area contributed by atoms with Crippen LogP contribution in [-0.4, -0.2) is 52.6 Å². The number of esters is 1. The van der Waals surface area contributed by atoms with Crippen molar-refractivity contribution < 1.29 is 28.7 Å². The van der Waals surface area contributed by atoms with Crippen LogP contribution in [0.3, 0.4) is 0 Å². The van der Waals surface area contributed by atoms with Gasteiger partial charge >= 0.3 is 11.9 Å². The van der Waals surface area contributed by atoms with Crippen molar-refractivity contribution in [2.75, 3.05) is 20.4 Å². The summed E-state index contributed by atoms with van der Waals surface area (Å²) in [6, 6.07) is 11.6. The molecule has 3 aromatic rings. The van der Waals surface area contributed by atoms with Crippen LogP contribution in [-0.2, 0) is 14.3 Å². The Bertz CT molecular complexity index is 1350. The average Bonchev–Trinajstić information content (AvgIpc) is 3.26. The quantitative estimate of drug-likeness (QED) is 0.469. The van der Waals surface area contributed by atoms with Gasteiger partial charge in [0.2, 0.25) is 0 Å². The lowest BCUT2D eigenvalue weighted by Crippen LogP contribution is -2.37. The van der Waals surface area contributed by atoms with Gasteiger partial charge in [-0.05, 0) is 29.0 Å². The van der Waals surface area contributed by atoms with Gasteiger partial charge in [0, 0.05) is 0 Å². The van der Waals surface area contributed by atoms with Crippen molar-refractivity contribution in [2.45, 2.75) is 5.92 Å². The summed E-state index contributed by atoms with van der Waals surface area (Å²) in [4.78, 5) is 31.9. The molecule has 34 heavy (non-hydrogen) atoms. The standard InChI is InChI=1S/C22H17Cl2FN4O5/c1-33-22(32)19-14(9-25)26-15(10-34-29-16-8-3-2-7-13(16)27-28-29)18(21(30)31)17(19)11-5-4-6-12(23)20(11)24/h2-8,17,26H,9-10H2,1H3,(H,30,31). The number of carbonyl (C=O) groups excluding carboxylic acids is 1. The van der Waals surface area contributed by atoms with E-state index in [0.29, 0.717) is 11.0 Å². The summed E-state index contributed by atoms with van der Waals surface area (Å²) in [7, 11) is 1.11. The second kappa shape index (κ2) is 9.70. The molecule has 1 aromatic heterocycles. The Kier molecular flexibility index (Phi) is 6.71. The summed E-state index contributed by atoms with van der Waals surface area (Å²) < 4.78 is 18.9. The van der Waals surface area contributed by atoms with Crippen LogP contribution in [0.2, 0.25) is 10.0 Å². The number of hydrogen-bond acceptors (Lipinski definition) is 7. The summed E-state index contributed by atoms with van der Waals surface area (Å²) in [6.07, 6.45) is 0. The van der Waals surface area contributed by atoms with Gasteiger partial charge in [0.15, 0.2) is 6.61 Å². The van der Waals surface area contributed by atoms with Gasteiger partial charge in [-0.2, -0.15) is 0 Å². The molecule has 0 bridgehead atoms. The Balaban J connectivity index is 1.84. The number of rotatable bonds is 7. The summed E-state index contributed by atoms with van der Waals surface area (Å²) in [5, 5.41) is 20.8. The zero-order valence-electron chi connectivity index (χ0n) is 17.6. The number of hydrogen-bond donors (Lipinski definition) is 2. The number of methoxy groups -OCH3 is 1. The number of ether oxygens (including phenoxy) is 1. The summed E-state index contributed by atoms with van der Waals surface area (Å²) >= 11 is 12.5. The molecule has 0 radical (unpaired) electrons. The monoisotopic (exact) mass is 506 g/mol. The average molecular weight is 507 g/mol. The Labute approximate surface area is 202 Å². The maximum atomic E-state index is 14.1. The molecule has 12 heteroatoms. The number of para-hydroxylation sites is 1. The molecule has 1 unspecified atom stereocenters. The number of nitrogens with zero attached hydrogens (tertiary/aromatic N) is 3. The van der Waals surface area contributed by atoms with E-state index in [0.717, 1.165) is 12.0 Å². The van der Waals surface area contributed by atoms with Crippen molar-refractivity contribution in [2.24, 2.45) is 0 Å². The lowest BCUT2D eigenvalue weighted by molar-refractivity contribution is -0.136. The maximum absolute atomic E-state index is 14.1. The molecule has 0 saturated carbocycles. The fraction of sp³-hybridized carbons (Fsp3) is 0.182. The van der Waals surface area contributed by atoms with Gasteiger partial charge in [-0.3, -0.25) is 0 Å². The normalized spacial score (nSPS) is 15.9. The van der Waals surface area contributed by atoms with Crippen molar-refractivity contribution in [3.8, 4) is 0 Å². The molecule has 4 rings (SSSR count). The summed E-state index contributed by atoms with van der Waals surface area (Å²) in [6.45, 7) is -1.47. The molecule has 9 nitrogen and oxygen atoms in total. The number of aromatic nitrogens is 3. The first-order chi connectivity index (χ1) is 16.4. The van der Waals surface area contributed by atoms with E-state index in [2.05, 4.69) is 15.6 Å². The topological polar surface area (TPSA) is 116 Å². The second-order valence-electron chi connectivity index (χ2n) is 7.14. The highest BCUT2D eigenvalue weighted by atomic mass is 35.5. The number of carboxylic acids is 1. The lowest BCUT2D eigenvalue weighted by atomic mass is 9.80. The highest BCUT2D eigenvalue weighted by Crippen LogP contribution is 2.43. The predicted octanol–water partition coefficient (Wildman–Crippen LogP) is 3.29. The third-order valence-corrected chi connectivity index (χ3v) is 6.08. The fourth-order valence-electron chi connectivity index (χ4n) is 3.76. The van der Waals surface area contributed by atoms with Gasteiger partial charge in [0.05, 0.1) is 45.6 Å². The highest BCUT2D eigenvalue weighted by molar-refractivity contribution is 6.42. The van der Waals surface area contributed by atoms with E-state index in [9.17, 15) is 19.1 Å². The molecule has 2 aromatic carbocycles. The molecular weight excluding hydrogens is 490 g/mol. The zero-order valence-corrected chi connectivity index (χ0v) is 19.1. The van der Waals surface area contributed by atoms with Crippen molar-refractivity contribution in [1.82, 2.24) is 20.5 Å². The third-order valence-electron chi connectivity index (χ3n) is 5.24. The zero-order chi connectivity index (χ0) is 24.4. The number of fused-ring (bicyclic) bond motifs is 1. The molecule has 2 heterocycles. The van der Waals surface area contributed by atoms with E-state index >= 15 is 0 Å². The molecule has 0 fully saturated rings. The van der Waals surface area contributed by atoms with E-state index in [1.54, 1.807) is 30.3 Å². The van der Waals surface area contributed by atoms with Crippen molar-refractivity contribution in [3.63, 3.8) is 0 Å². The molecule has 0 aliphatic carbocycles. The molecule has 0 spiro atoms. The number of carbonyl (C=O) groups is 2. The first-order valence-electron chi connectivity index (χ1n) is 9.85. The molecule has 0 saturated heterocycles. The van der Waals surface area contributed by atoms with Gasteiger partial charge in [-0.25, -0.2) is 14.0 Å². The minimum absolute atomic E-state index is 0.00609. The molecule has 1 aliphatic rings. The van der Waals surface area contributed by atoms with Crippen molar-refractivity contribution in [1.29, 1.82) is 0 Å². The molecule has 176 valence electrons. The largest absolute Gasteiger partial charge is 0.478 e. The van der Waals surface area contributed by atoms with Gasteiger partial charge in [0.1, 0.15) is 17.7 Å². The molecule has 1 aliphatic heterocycles. The number of halogens is 3. The van der Waals surface area contributed by atoms with E-state index in [1.807, 2.05) is 0 Å². The van der Waals surface area contributed by atoms with Gasteiger partial charge in [-0.1, -0.05) is 52.3 Å². The number of allylic oxidation sites excluding steroid dienone is 1. The maximum Gasteiger partial charge on any atom is 0.336 e. The Hall–Kier alpha value is -3.63. The number of dihydropyridines is 1. The van der Waals surface area contributed by atoms with E-state index in [4.69, 9.17) is 32.8 Å². The Morgan fingerprint density at radius 1 is 1.15 bits per heavy atom. The van der Waals surface area contributed by atoms with Crippen LogP contribution in [0.1, 0.15) is 11.5 Å². The first-order valence-corrected chi connectivity index (χ1v) is 10.6. The van der Waals surface area contributed by atoms with E-state index < -0.39 is 24.5 Å². The molecule has 0 amide bonds. The van der Waals surface area contributed by atoms with Crippen LogP contribution in [0.15, 0.2) is 65.0 Å². The van der Waals surface area contributed by atoms with Gasteiger partial charge < -0.3 is 20.0 Å². The van der Waals surface area contributed by atoms with Crippen LogP contribution in [0.5, 0.6) is 0 Å². The third kappa shape index (κ3) is 4.17. The first kappa shape index (κ1) is 23.5. The minimum atomic E-state index is -1.38. The van der Waals surface area contributed by atoms with Crippen LogP contribution in [0, 0.1) is 0 Å². The number of carboxylic acid groups (broad SMARTS) is 1. The lowest BCUT2D eigenvalue weighted by Gasteiger charge is -2.31. The van der Waals surface area contributed by atoms with Gasteiger partial charge in [0.25, 0.3) is 0 Å². The van der Waals surface area contributed by atoms with Crippen LogP contribution >= 0.6 is 23.2 Å². The Morgan fingerprint density at radius 3 is 2.62 bits per heavy atom. The van der Waals surface area contributed by atoms with Gasteiger partial charge in [-0.15, -0.1) is 5.10 Å². The molecule has 1 atom stereocenters. The van der Waals surface area contributed by atoms with E-state index in [-0.39, 0.29) is 44.8 Å². The second-order valence-corrected chi connectivity index (χ2v) is 7.93. The van der Waals surface area contributed by atoms with Crippen molar-refractivity contribution >= 4 is 46.2 Å². The SMILES string of the molecule is COC(=O)C1=C(CF)NC(COn2nnc3ccccc32)=C(C(=O)O)C1c1cccc(Cl)c1Cl. The van der Waals surface area contributed by atoms with E-state index in [1.165, 1.54) is 12.1 Å². The minimum Gasteiger partial charge on any atom is -0.478 e.